The molecule has 0 bridgehead atoms. The zero-order chi connectivity index (χ0) is 22.0. The van der Waals surface area contributed by atoms with Gasteiger partial charge in [0.05, 0.1) is 24.3 Å². The summed E-state index contributed by atoms with van der Waals surface area (Å²) in [6.45, 7) is 3.23. The first-order valence-electron chi connectivity index (χ1n) is 10.3. The van der Waals surface area contributed by atoms with Gasteiger partial charge in [-0.15, -0.1) is 5.92 Å². The molecule has 0 saturated carbocycles. The van der Waals surface area contributed by atoms with Crippen molar-refractivity contribution < 1.29 is 4.39 Å². The van der Waals surface area contributed by atoms with Gasteiger partial charge in [-0.05, 0) is 44.0 Å². The summed E-state index contributed by atoms with van der Waals surface area (Å²) in [6, 6.07) is 9.22. The van der Waals surface area contributed by atoms with Crippen molar-refractivity contribution in [2.75, 3.05) is 18.0 Å². The number of nitrogens with two attached hydrogens (primary N) is 1. The summed E-state index contributed by atoms with van der Waals surface area (Å²) in [5.74, 6) is 5.94. The molecular formula is C23H24FN5O2. The third-order valence-electron chi connectivity index (χ3n) is 5.48. The summed E-state index contributed by atoms with van der Waals surface area (Å²) in [6.07, 6.45) is 1.82. The minimum absolute atomic E-state index is 0.00336. The van der Waals surface area contributed by atoms with Crippen LogP contribution in [0.2, 0.25) is 0 Å². The molecule has 1 aromatic carbocycles. The Bertz CT molecular complexity index is 1300. The molecule has 3 heterocycles. The molecular weight excluding hydrogens is 397 g/mol. The van der Waals surface area contributed by atoms with Gasteiger partial charge in [0.1, 0.15) is 11.6 Å². The van der Waals surface area contributed by atoms with Crippen LogP contribution in [0.25, 0.3) is 10.9 Å². The van der Waals surface area contributed by atoms with Crippen LogP contribution >= 0.6 is 0 Å². The van der Waals surface area contributed by atoms with Gasteiger partial charge >= 0.3 is 5.69 Å². The molecule has 0 aliphatic carbocycles. The van der Waals surface area contributed by atoms with E-state index in [0.29, 0.717) is 29.0 Å². The van der Waals surface area contributed by atoms with Gasteiger partial charge in [-0.2, -0.15) is 0 Å². The maximum absolute atomic E-state index is 13.4. The van der Waals surface area contributed by atoms with E-state index in [9.17, 15) is 14.0 Å². The first-order chi connectivity index (χ1) is 15.0. The molecule has 0 amide bonds. The fourth-order valence-corrected chi connectivity index (χ4v) is 3.93. The van der Waals surface area contributed by atoms with E-state index in [1.54, 1.807) is 25.1 Å². The number of halogens is 1. The van der Waals surface area contributed by atoms with Gasteiger partial charge in [0.2, 0.25) is 0 Å². The van der Waals surface area contributed by atoms with Crippen LogP contribution in [0.5, 0.6) is 0 Å². The molecule has 1 saturated heterocycles. The molecule has 7 nitrogen and oxygen atoms in total. The Hall–Kier alpha value is -3.44. The number of fused-ring (bicyclic) bond motifs is 1. The number of anilines is 1. The van der Waals surface area contributed by atoms with Crippen molar-refractivity contribution in [3.05, 3.63) is 68.7 Å². The van der Waals surface area contributed by atoms with Crippen LogP contribution in [0.1, 0.15) is 25.5 Å². The molecule has 0 radical (unpaired) electrons. The number of hydrogen-bond acceptors (Lipinski definition) is 5. The van der Waals surface area contributed by atoms with E-state index in [2.05, 4.69) is 16.8 Å². The summed E-state index contributed by atoms with van der Waals surface area (Å²) in [5.41, 5.74) is 6.40. The highest BCUT2D eigenvalue weighted by Gasteiger charge is 2.22. The van der Waals surface area contributed by atoms with Crippen LogP contribution in [0, 0.1) is 17.7 Å². The van der Waals surface area contributed by atoms with E-state index in [-0.39, 0.29) is 24.9 Å². The number of benzene rings is 1. The molecule has 160 valence electrons. The molecule has 1 aliphatic heterocycles. The van der Waals surface area contributed by atoms with Crippen LogP contribution in [-0.4, -0.2) is 33.2 Å². The summed E-state index contributed by atoms with van der Waals surface area (Å²) < 4.78 is 16.1. The van der Waals surface area contributed by atoms with Gasteiger partial charge in [0, 0.05) is 30.6 Å². The fourth-order valence-electron chi connectivity index (χ4n) is 3.93. The third-order valence-corrected chi connectivity index (χ3v) is 5.48. The van der Waals surface area contributed by atoms with Crippen molar-refractivity contribution in [1.82, 2.24) is 14.1 Å². The van der Waals surface area contributed by atoms with E-state index in [0.717, 1.165) is 24.0 Å². The van der Waals surface area contributed by atoms with E-state index in [1.807, 2.05) is 4.90 Å². The summed E-state index contributed by atoms with van der Waals surface area (Å²) >= 11 is 0. The maximum Gasteiger partial charge on any atom is 0.333 e. The van der Waals surface area contributed by atoms with Crippen molar-refractivity contribution in [2.45, 2.75) is 38.9 Å². The van der Waals surface area contributed by atoms with Crippen LogP contribution in [-0.2, 0) is 13.1 Å². The molecule has 0 unspecified atom stereocenters. The lowest BCUT2D eigenvalue weighted by Gasteiger charge is -2.33. The zero-order valence-electron chi connectivity index (χ0n) is 17.3. The SMILES string of the molecule is CC#CCn1c(N2CCC[C@@H](N)C2)cc(=O)n(Cc2ccc3cc(F)ccc3n2)c1=O. The van der Waals surface area contributed by atoms with Crippen LogP contribution in [0.3, 0.4) is 0 Å². The molecule has 2 aromatic heterocycles. The van der Waals surface area contributed by atoms with Gasteiger partial charge in [-0.1, -0.05) is 12.0 Å². The van der Waals surface area contributed by atoms with Crippen LogP contribution < -0.4 is 21.9 Å². The third kappa shape index (κ3) is 4.37. The van der Waals surface area contributed by atoms with Crippen molar-refractivity contribution in [3.8, 4) is 11.8 Å². The Morgan fingerprint density at radius 1 is 1.19 bits per heavy atom. The highest BCUT2D eigenvalue weighted by molar-refractivity contribution is 5.78. The van der Waals surface area contributed by atoms with Crippen molar-refractivity contribution in [1.29, 1.82) is 0 Å². The Labute approximate surface area is 178 Å². The van der Waals surface area contributed by atoms with E-state index >= 15 is 0 Å². The summed E-state index contributed by atoms with van der Waals surface area (Å²) in [4.78, 5) is 32.6. The number of nitrogens with zero attached hydrogens (tertiary/aromatic N) is 4. The fraction of sp³-hybridized carbons (Fsp3) is 0.348. The highest BCUT2D eigenvalue weighted by Crippen LogP contribution is 2.18. The average molecular weight is 421 g/mol. The first-order valence-corrected chi connectivity index (χ1v) is 10.3. The van der Waals surface area contributed by atoms with Crippen LogP contribution in [0.4, 0.5) is 10.2 Å². The van der Waals surface area contributed by atoms with Crippen molar-refractivity contribution >= 4 is 16.7 Å². The monoisotopic (exact) mass is 421 g/mol. The molecule has 1 aliphatic rings. The Kier molecular flexibility index (Phi) is 5.87. The highest BCUT2D eigenvalue weighted by atomic mass is 19.1. The van der Waals surface area contributed by atoms with Crippen LogP contribution in [0.15, 0.2) is 46.0 Å². The van der Waals surface area contributed by atoms with Gasteiger partial charge < -0.3 is 10.6 Å². The van der Waals surface area contributed by atoms with E-state index in [4.69, 9.17) is 5.73 Å². The van der Waals surface area contributed by atoms with Gasteiger partial charge in [0.25, 0.3) is 5.56 Å². The summed E-state index contributed by atoms with van der Waals surface area (Å²) in [7, 11) is 0. The van der Waals surface area contributed by atoms with E-state index < -0.39 is 11.2 Å². The second-order valence-electron chi connectivity index (χ2n) is 7.71. The number of rotatable bonds is 4. The minimum atomic E-state index is -0.439. The molecule has 8 heteroatoms. The predicted molar refractivity (Wildman–Crippen MR) is 119 cm³/mol. The largest absolute Gasteiger partial charge is 0.356 e. The number of piperidine rings is 1. The zero-order valence-corrected chi connectivity index (χ0v) is 17.3. The molecule has 4 rings (SSSR count). The number of hydrogen-bond donors (Lipinski definition) is 1. The second-order valence-corrected chi connectivity index (χ2v) is 7.71. The Balaban J connectivity index is 1.75. The van der Waals surface area contributed by atoms with E-state index in [1.165, 1.54) is 22.8 Å². The quantitative estimate of drug-likeness (QED) is 0.648. The van der Waals surface area contributed by atoms with Gasteiger partial charge in [-0.3, -0.25) is 18.9 Å². The molecule has 1 atom stereocenters. The lowest BCUT2D eigenvalue weighted by atomic mass is 10.1. The minimum Gasteiger partial charge on any atom is -0.356 e. The number of aromatic nitrogens is 3. The predicted octanol–water partition coefficient (Wildman–Crippen LogP) is 1.70. The summed E-state index contributed by atoms with van der Waals surface area (Å²) in [5, 5.41) is 0.656. The van der Waals surface area contributed by atoms with Gasteiger partial charge in [-0.25, -0.2) is 9.18 Å². The smallest absolute Gasteiger partial charge is 0.333 e. The molecule has 31 heavy (non-hydrogen) atoms. The standard InChI is InChI=1S/C23H24FN5O2/c1-2-3-11-28-21(27-10-4-5-18(25)14-27)13-22(30)29(23(28)31)15-19-8-6-16-12-17(24)7-9-20(16)26-19/h6-9,12-13,18H,4-5,10-11,14-15,25H2,1H3/t18-/m1/s1. The average Bonchev–Trinajstić information content (AvgIpc) is 2.75. The maximum atomic E-state index is 13.4. The topological polar surface area (TPSA) is 86.2 Å². The lowest BCUT2D eigenvalue weighted by molar-refractivity contribution is 0.491. The molecule has 3 aromatic rings. The van der Waals surface area contributed by atoms with Gasteiger partial charge in [0.15, 0.2) is 0 Å². The van der Waals surface area contributed by atoms with Crippen molar-refractivity contribution in [2.24, 2.45) is 5.73 Å². The normalized spacial score (nSPS) is 16.2. The molecule has 1 fully saturated rings. The van der Waals surface area contributed by atoms with Crippen molar-refractivity contribution in [3.63, 3.8) is 0 Å². The first kappa shape index (κ1) is 20.8. The Morgan fingerprint density at radius 2 is 2.03 bits per heavy atom. The lowest BCUT2D eigenvalue weighted by Crippen LogP contribution is -2.48. The molecule has 0 spiro atoms. The number of pyridine rings is 1. The molecule has 2 N–H and O–H groups in total. The second kappa shape index (κ2) is 8.74. The Morgan fingerprint density at radius 3 is 2.81 bits per heavy atom.